The number of amides is 1. The number of carbonyl (C=O) groups is 1. The lowest BCUT2D eigenvalue weighted by atomic mass is 9.99. The van der Waals surface area contributed by atoms with Gasteiger partial charge in [0.2, 0.25) is 0 Å². The van der Waals surface area contributed by atoms with Crippen molar-refractivity contribution in [1.29, 1.82) is 0 Å². The molecule has 3 aromatic heterocycles. The number of fused-ring (bicyclic) bond motifs is 1. The third-order valence-electron chi connectivity index (χ3n) is 7.90. The zero-order chi connectivity index (χ0) is 27.6. The molecule has 4 heterocycles. The van der Waals surface area contributed by atoms with Gasteiger partial charge in [0.05, 0.1) is 16.8 Å². The third kappa shape index (κ3) is 5.52. The lowest BCUT2D eigenvalue weighted by molar-refractivity contribution is 0.103. The minimum atomic E-state index is -0.225. The van der Waals surface area contributed by atoms with E-state index in [0.717, 1.165) is 72.0 Å². The number of nitrogens with zero attached hydrogens (tertiary/aromatic N) is 3. The summed E-state index contributed by atoms with van der Waals surface area (Å²) >= 11 is 1.61. The number of carbonyl (C=O) groups excluding carboxylic acids is 1. The van der Waals surface area contributed by atoms with E-state index in [1.165, 1.54) is 23.3 Å². The van der Waals surface area contributed by atoms with Crippen LogP contribution in [0.1, 0.15) is 38.5 Å². The molecule has 0 radical (unpaired) electrons. The third-order valence-corrected chi connectivity index (χ3v) is 9.13. The summed E-state index contributed by atoms with van der Waals surface area (Å²) in [7, 11) is 2.14. The van der Waals surface area contributed by atoms with Crippen LogP contribution in [0.15, 0.2) is 59.7 Å². The Balaban J connectivity index is 1.19. The fourth-order valence-electron chi connectivity index (χ4n) is 5.45. The van der Waals surface area contributed by atoms with Crippen LogP contribution in [0.4, 0.5) is 22.9 Å². The molecule has 0 atom stereocenters. The summed E-state index contributed by atoms with van der Waals surface area (Å²) in [6, 6.07) is 13.7. The Hall–Kier alpha value is -3.95. The highest BCUT2D eigenvalue weighted by Crippen LogP contribution is 2.32. The number of hydrogen-bond donors (Lipinski definition) is 3. The van der Waals surface area contributed by atoms with Crippen LogP contribution in [-0.2, 0) is 12.8 Å². The van der Waals surface area contributed by atoms with Gasteiger partial charge in [0, 0.05) is 48.5 Å². The smallest absolute Gasteiger partial charge is 0.271 e. The van der Waals surface area contributed by atoms with Gasteiger partial charge in [0.15, 0.2) is 0 Å². The van der Waals surface area contributed by atoms with Crippen molar-refractivity contribution in [2.45, 2.75) is 32.6 Å². The predicted octanol–water partition coefficient (Wildman–Crippen LogP) is 5.43. The van der Waals surface area contributed by atoms with Gasteiger partial charge in [-0.15, -0.1) is 11.3 Å². The van der Waals surface area contributed by atoms with E-state index < -0.39 is 0 Å². The van der Waals surface area contributed by atoms with Crippen LogP contribution in [-0.4, -0.2) is 54.0 Å². The van der Waals surface area contributed by atoms with Gasteiger partial charge in [-0.05, 0) is 86.7 Å². The number of aryl methyl sites for hydroxylation is 2. The maximum Gasteiger partial charge on any atom is 0.271 e. The van der Waals surface area contributed by atoms with Crippen molar-refractivity contribution < 1.29 is 4.79 Å². The number of H-pyrrole nitrogens is 1. The number of benzene rings is 1. The summed E-state index contributed by atoms with van der Waals surface area (Å²) in [5.41, 5.74) is 6.06. The monoisotopic (exact) mass is 554 g/mol. The average molecular weight is 555 g/mol. The van der Waals surface area contributed by atoms with Crippen molar-refractivity contribution in [2.24, 2.45) is 0 Å². The second kappa shape index (κ2) is 11.3. The molecule has 40 heavy (non-hydrogen) atoms. The highest BCUT2D eigenvalue weighted by Gasteiger charge is 2.19. The molecule has 0 saturated carbocycles. The summed E-state index contributed by atoms with van der Waals surface area (Å²) in [4.78, 5) is 39.9. The summed E-state index contributed by atoms with van der Waals surface area (Å²) in [5, 5.41) is 6.29. The largest absolute Gasteiger partial charge is 0.368 e. The molecule has 6 rings (SSSR count). The van der Waals surface area contributed by atoms with Gasteiger partial charge in [0.25, 0.3) is 11.5 Å². The van der Waals surface area contributed by atoms with E-state index in [1.54, 1.807) is 17.5 Å². The van der Waals surface area contributed by atoms with Crippen molar-refractivity contribution in [3.8, 4) is 11.1 Å². The van der Waals surface area contributed by atoms with E-state index in [-0.39, 0.29) is 11.5 Å². The molecular weight excluding hydrogens is 520 g/mol. The molecule has 0 unspecified atom stereocenters. The van der Waals surface area contributed by atoms with Crippen LogP contribution in [0.3, 0.4) is 0 Å². The molecule has 4 aromatic rings. The SMILES string of the molecule is Cc1c(NC(=O)c2cc3c(s2)CCCC3)cccc1-c1c[nH]c(=O)c(Nc2ccc(N3CCN(C)CC3)cn2)c1. The van der Waals surface area contributed by atoms with Crippen molar-refractivity contribution in [3.63, 3.8) is 0 Å². The van der Waals surface area contributed by atoms with Crippen LogP contribution in [0, 0.1) is 6.92 Å². The summed E-state index contributed by atoms with van der Waals surface area (Å²) < 4.78 is 0. The van der Waals surface area contributed by atoms with E-state index in [0.29, 0.717) is 11.5 Å². The standard InChI is InChI=1S/C31H34N6O2S/c1-20-24(7-5-8-25(20)35-31(39)28-17-21-6-3-4-9-27(21)40-28)22-16-26(30(38)33-18-22)34-29-11-10-23(19-32-29)37-14-12-36(2)13-15-37/h5,7-8,10-11,16-19H,3-4,6,9,12-15H2,1-2H3,(H,32,34)(H,33,38)(H,35,39). The maximum absolute atomic E-state index is 13.1. The normalized spacial score (nSPS) is 15.5. The maximum atomic E-state index is 13.1. The lowest BCUT2D eigenvalue weighted by Crippen LogP contribution is -2.44. The van der Waals surface area contributed by atoms with E-state index >= 15 is 0 Å². The van der Waals surface area contributed by atoms with E-state index in [4.69, 9.17) is 0 Å². The fourth-order valence-corrected chi connectivity index (χ4v) is 6.60. The highest BCUT2D eigenvalue weighted by atomic mass is 32.1. The molecule has 1 amide bonds. The number of aromatic nitrogens is 2. The number of thiophene rings is 1. The number of aromatic amines is 1. The van der Waals surface area contributed by atoms with Crippen molar-refractivity contribution in [1.82, 2.24) is 14.9 Å². The van der Waals surface area contributed by atoms with Gasteiger partial charge >= 0.3 is 0 Å². The number of hydrogen-bond acceptors (Lipinski definition) is 7. The molecule has 1 aliphatic carbocycles. The van der Waals surface area contributed by atoms with Crippen LogP contribution < -0.4 is 21.1 Å². The molecular formula is C31H34N6O2S. The highest BCUT2D eigenvalue weighted by molar-refractivity contribution is 7.14. The number of piperazine rings is 1. The molecule has 0 bridgehead atoms. The molecule has 3 N–H and O–H groups in total. The predicted molar refractivity (Wildman–Crippen MR) is 163 cm³/mol. The first-order valence-electron chi connectivity index (χ1n) is 13.9. The average Bonchev–Trinajstić information content (AvgIpc) is 3.41. The molecule has 1 aromatic carbocycles. The number of pyridine rings is 2. The van der Waals surface area contributed by atoms with Crippen LogP contribution in [0.2, 0.25) is 0 Å². The topological polar surface area (TPSA) is 93.4 Å². The Morgan fingerprint density at radius 3 is 2.62 bits per heavy atom. The molecule has 0 spiro atoms. The van der Waals surface area contributed by atoms with Crippen LogP contribution in [0.5, 0.6) is 0 Å². The molecule has 8 nitrogen and oxygen atoms in total. The summed E-state index contributed by atoms with van der Waals surface area (Å²) in [5.74, 6) is 0.534. The van der Waals surface area contributed by atoms with Crippen LogP contribution in [0.25, 0.3) is 11.1 Å². The molecule has 1 aliphatic heterocycles. The zero-order valence-corrected chi connectivity index (χ0v) is 23.7. The Labute approximate surface area is 238 Å². The molecule has 206 valence electrons. The summed E-state index contributed by atoms with van der Waals surface area (Å²) in [6.07, 6.45) is 8.08. The van der Waals surface area contributed by atoms with Gasteiger partial charge in [0.1, 0.15) is 11.5 Å². The fraction of sp³-hybridized carbons (Fsp3) is 0.323. The first-order valence-corrected chi connectivity index (χ1v) is 14.7. The van der Waals surface area contributed by atoms with E-state index in [2.05, 4.69) is 43.5 Å². The summed E-state index contributed by atoms with van der Waals surface area (Å²) in [6.45, 7) is 5.99. The Morgan fingerprint density at radius 2 is 1.85 bits per heavy atom. The van der Waals surface area contributed by atoms with Crippen molar-refractivity contribution in [3.05, 3.63) is 86.1 Å². The van der Waals surface area contributed by atoms with Gasteiger partial charge in [-0.1, -0.05) is 12.1 Å². The van der Waals surface area contributed by atoms with Crippen LogP contribution >= 0.6 is 11.3 Å². The van der Waals surface area contributed by atoms with Gasteiger partial charge in [-0.3, -0.25) is 9.59 Å². The lowest BCUT2D eigenvalue weighted by Gasteiger charge is -2.33. The first-order chi connectivity index (χ1) is 19.4. The minimum Gasteiger partial charge on any atom is -0.368 e. The van der Waals surface area contributed by atoms with Gasteiger partial charge in [-0.2, -0.15) is 0 Å². The number of nitrogens with one attached hydrogen (secondary N) is 3. The Kier molecular flexibility index (Phi) is 7.40. The second-order valence-electron chi connectivity index (χ2n) is 10.6. The second-order valence-corrected chi connectivity index (χ2v) is 11.8. The number of anilines is 4. The van der Waals surface area contributed by atoms with Gasteiger partial charge in [-0.25, -0.2) is 4.98 Å². The van der Waals surface area contributed by atoms with E-state index in [1.807, 2.05) is 49.5 Å². The Bertz CT molecular complexity index is 1560. The molecule has 9 heteroatoms. The first kappa shape index (κ1) is 26.3. The van der Waals surface area contributed by atoms with Crippen molar-refractivity contribution in [2.75, 3.05) is 48.8 Å². The number of likely N-dealkylation sites (N-methyl/N-ethyl adjacent to an activating group) is 1. The van der Waals surface area contributed by atoms with Crippen molar-refractivity contribution >= 4 is 40.1 Å². The molecule has 2 aliphatic rings. The van der Waals surface area contributed by atoms with E-state index in [9.17, 15) is 9.59 Å². The number of rotatable bonds is 6. The van der Waals surface area contributed by atoms with Gasteiger partial charge < -0.3 is 25.4 Å². The quantitative estimate of drug-likeness (QED) is 0.294. The minimum absolute atomic E-state index is 0.0745. The zero-order valence-electron chi connectivity index (χ0n) is 22.9. The molecule has 1 fully saturated rings. The Morgan fingerprint density at radius 1 is 1.02 bits per heavy atom. The molecule has 1 saturated heterocycles.